The van der Waals surface area contributed by atoms with E-state index in [1.807, 2.05) is 44.2 Å². The predicted octanol–water partition coefficient (Wildman–Crippen LogP) is 3.82. The molecule has 0 bridgehead atoms. The van der Waals surface area contributed by atoms with Gasteiger partial charge in [0.1, 0.15) is 0 Å². The molecule has 0 aliphatic rings. The first-order valence-corrected chi connectivity index (χ1v) is 9.20. The maximum Gasteiger partial charge on any atom is 0.340 e. The number of hydrogen-bond acceptors (Lipinski definition) is 6. The predicted molar refractivity (Wildman–Crippen MR) is 102 cm³/mol. The number of nitrogens with one attached hydrogen (secondary N) is 1. The average molecular weight is 388 g/mol. The largest absolute Gasteiger partial charge is 0.452 e. The fourth-order valence-electron chi connectivity index (χ4n) is 2.12. The van der Waals surface area contributed by atoms with Gasteiger partial charge >= 0.3 is 5.97 Å². The van der Waals surface area contributed by atoms with Crippen molar-refractivity contribution in [1.82, 2.24) is 5.32 Å². The minimum absolute atomic E-state index is 0.0294. The summed E-state index contributed by atoms with van der Waals surface area (Å²) in [6.07, 6.45) is 0.752. The molecule has 0 fully saturated rings. The third-order valence-electron chi connectivity index (χ3n) is 3.72. The van der Waals surface area contributed by atoms with Crippen LogP contribution < -0.4 is 5.32 Å². The number of rotatable bonds is 8. The van der Waals surface area contributed by atoms with Gasteiger partial charge < -0.3 is 10.1 Å². The number of ether oxygens (including phenoxy) is 1. The van der Waals surface area contributed by atoms with Gasteiger partial charge in [0.25, 0.3) is 11.6 Å². The van der Waals surface area contributed by atoms with E-state index < -0.39 is 23.4 Å². The number of non-ortho nitro benzene ring substituents is 1. The van der Waals surface area contributed by atoms with Gasteiger partial charge in [-0.2, -0.15) is 0 Å². The minimum Gasteiger partial charge on any atom is -0.452 e. The molecular formula is C19H20N2O5S. The zero-order chi connectivity index (χ0) is 19.8. The van der Waals surface area contributed by atoms with Crippen LogP contribution in [0.1, 0.15) is 30.6 Å². The molecule has 0 aliphatic carbocycles. The first-order valence-electron chi connectivity index (χ1n) is 8.38. The van der Waals surface area contributed by atoms with E-state index in [9.17, 15) is 19.7 Å². The van der Waals surface area contributed by atoms with Crippen LogP contribution >= 0.6 is 11.8 Å². The molecule has 2 rings (SSSR count). The quantitative estimate of drug-likeness (QED) is 0.419. The molecule has 8 heteroatoms. The molecule has 7 nitrogen and oxygen atoms in total. The van der Waals surface area contributed by atoms with Gasteiger partial charge in [0.05, 0.1) is 10.5 Å². The highest BCUT2D eigenvalue weighted by atomic mass is 32.2. The number of hydrogen-bond donors (Lipinski definition) is 1. The first kappa shape index (κ1) is 20.4. The Bertz CT molecular complexity index is 826. The monoisotopic (exact) mass is 388 g/mol. The number of amides is 1. The van der Waals surface area contributed by atoms with E-state index in [0.717, 1.165) is 11.3 Å². The van der Waals surface area contributed by atoms with Gasteiger partial charge in [-0.1, -0.05) is 36.9 Å². The Morgan fingerprint density at radius 2 is 1.93 bits per heavy atom. The second-order valence-corrected chi connectivity index (χ2v) is 6.92. The van der Waals surface area contributed by atoms with E-state index in [2.05, 4.69) is 5.32 Å². The summed E-state index contributed by atoms with van der Waals surface area (Å²) in [5, 5.41) is 13.7. The molecule has 2 aromatic carbocycles. The van der Waals surface area contributed by atoms with Crippen LogP contribution in [0.15, 0.2) is 58.3 Å². The Kier molecular flexibility index (Phi) is 7.36. The van der Waals surface area contributed by atoms with Gasteiger partial charge in [-0.05, 0) is 31.5 Å². The van der Waals surface area contributed by atoms with Crippen LogP contribution in [0.2, 0.25) is 0 Å². The van der Waals surface area contributed by atoms with Crippen molar-refractivity contribution in [2.45, 2.75) is 36.1 Å². The van der Waals surface area contributed by atoms with Gasteiger partial charge in [0.2, 0.25) is 0 Å². The standard InChI is InChI=1S/C19H20N2O5S/c1-3-13(2)20-18(22)12-26-19(23)16-11-14(21(24)25)9-10-17(16)27-15-7-5-4-6-8-15/h4-11,13H,3,12H2,1-2H3,(H,20,22)/t13-/m1/s1. The number of nitro benzene ring substituents is 1. The molecular weight excluding hydrogens is 368 g/mol. The van der Waals surface area contributed by atoms with E-state index >= 15 is 0 Å². The summed E-state index contributed by atoms with van der Waals surface area (Å²) >= 11 is 1.29. The molecule has 0 heterocycles. The fourth-order valence-corrected chi connectivity index (χ4v) is 3.06. The topological polar surface area (TPSA) is 98.5 Å². The molecule has 0 spiro atoms. The molecule has 27 heavy (non-hydrogen) atoms. The zero-order valence-electron chi connectivity index (χ0n) is 15.0. The van der Waals surface area contributed by atoms with E-state index in [0.29, 0.717) is 4.90 Å². The molecule has 1 amide bonds. The summed E-state index contributed by atoms with van der Waals surface area (Å²) in [5.74, 6) is -1.20. The van der Waals surface area contributed by atoms with Gasteiger partial charge in [0.15, 0.2) is 6.61 Å². The number of esters is 1. The van der Waals surface area contributed by atoms with E-state index in [4.69, 9.17) is 4.74 Å². The molecule has 0 unspecified atom stereocenters. The summed E-state index contributed by atoms with van der Waals surface area (Å²) in [5.41, 5.74) is -0.169. The van der Waals surface area contributed by atoms with Crippen LogP contribution in [-0.4, -0.2) is 29.4 Å². The molecule has 2 aromatic rings. The van der Waals surface area contributed by atoms with Crippen LogP contribution in [-0.2, 0) is 9.53 Å². The molecule has 0 saturated carbocycles. The van der Waals surface area contributed by atoms with Crippen molar-refractivity contribution in [3.8, 4) is 0 Å². The lowest BCUT2D eigenvalue weighted by Crippen LogP contribution is -2.35. The average Bonchev–Trinajstić information content (AvgIpc) is 2.67. The lowest BCUT2D eigenvalue weighted by atomic mass is 10.2. The molecule has 1 N–H and O–H groups in total. The fraction of sp³-hybridized carbons (Fsp3) is 0.263. The van der Waals surface area contributed by atoms with Crippen molar-refractivity contribution >= 4 is 29.3 Å². The lowest BCUT2D eigenvalue weighted by Gasteiger charge is -2.12. The van der Waals surface area contributed by atoms with Gasteiger partial charge in [-0.25, -0.2) is 4.79 Å². The van der Waals surface area contributed by atoms with E-state index in [-0.39, 0.29) is 17.3 Å². The second kappa shape index (κ2) is 9.72. The van der Waals surface area contributed by atoms with Crippen molar-refractivity contribution in [2.24, 2.45) is 0 Å². The molecule has 1 atom stereocenters. The highest BCUT2D eigenvalue weighted by molar-refractivity contribution is 7.99. The van der Waals surface area contributed by atoms with E-state index in [1.54, 1.807) is 0 Å². The smallest absolute Gasteiger partial charge is 0.340 e. The summed E-state index contributed by atoms with van der Waals surface area (Å²) in [6.45, 7) is 3.32. The SMILES string of the molecule is CC[C@@H](C)NC(=O)COC(=O)c1cc([N+](=O)[O-])ccc1Sc1ccccc1. The van der Waals surface area contributed by atoms with Gasteiger partial charge in [0, 0.05) is 28.0 Å². The van der Waals surface area contributed by atoms with Crippen LogP contribution in [0.5, 0.6) is 0 Å². The van der Waals surface area contributed by atoms with E-state index in [1.165, 1.54) is 30.0 Å². The molecule has 0 saturated heterocycles. The Hall–Kier alpha value is -2.87. The molecule has 0 radical (unpaired) electrons. The zero-order valence-corrected chi connectivity index (χ0v) is 15.8. The Labute approximate surface area is 161 Å². The summed E-state index contributed by atoms with van der Waals surface area (Å²) < 4.78 is 5.06. The molecule has 0 aliphatic heterocycles. The van der Waals surface area contributed by atoms with Crippen molar-refractivity contribution in [3.05, 3.63) is 64.2 Å². The number of carbonyl (C=O) groups excluding carboxylic acids is 2. The van der Waals surface area contributed by atoms with Gasteiger partial charge in [-0.15, -0.1) is 0 Å². The summed E-state index contributed by atoms with van der Waals surface area (Å²) in [6, 6.07) is 13.3. The van der Waals surface area contributed by atoms with Crippen LogP contribution in [0.4, 0.5) is 5.69 Å². The van der Waals surface area contributed by atoms with Crippen LogP contribution in [0, 0.1) is 10.1 Å². The summed E-state index contributed by atoms with van der Waals surface area (Å²) in [4.78, 5) is 36.1. The number of nitrogens with zero attached hydrogens (tertiary/aromatic N) is 1. The number of nitro groups is 1. The van der Waals surface area contributed by atoms with Crippen molar-refractivity contribution in [1.29, 1.82) is 0 Å². The number of carbonyl (C=O) groups is 2. The lowest BCUT2D eigenvalue weighted by molar-refractivity contribution is -0.384. The maximum atomic E-state index is 12.5. The third kappa shape index (κ3) is 6.10. The highest BCUT2D eigenvalue weighted by Crippen LogP contribution is 2.32. The number of benzene rings is 2. The summed E-state index contributed by atoms with van der Waals surface area (Å²) in [7, 11) is 0. The second-order valence-electron chi connectivity index (χ2n) is 5.81. The Morgan fingerprint density at radius 3 is 2.56 bits per heavy atom. The Morgan fingerprint density at radius 1 is 1.22 bits per heavy atom. The van der Waals surface area contributed by atoms with Gasteiger partial charge in [-0.3, -0.25) is 14.9 Å². The van der Waals surface area contributed by atoms with Crippen LogP contribution in [0.3, 0.4) is 0 Å². The maximum absolute atomic E-state index is 12.5. The normalized spacial score (nSPS) is 11.5. The van der Waals surface area contributed by atoms with Crippen LogP contribution in [0.25, 0.3) is 0 Å². The molecule has 142 valence electrons. The minimum atomic E-state index is -0.781. The van der Waals surface area contributed by atoms with Crippen molar-refractivity contribution in [3.63, 3.8) is 0 Å². The third-order valence-corrected chi connectivity index (χ3v) is 4.80. The first-order chi connectivity index (χ1) is 12.9. The highest BCUT2D eigenvalue weighted by Gasteiger charge is 2.20. The van der Waals surface area contributed by atoms with Crippen molar-refractivity contribution in [2.75, 3.05) is 6.61 Å². The Balaban J connectivity index is 2.18. The molecule has 0 aromatic heterocycles. The van der Waals surface area contributed by atoms with Crippen molar-refractivity contribution < 1.29 is 19.2 Å².